The maximum atomic E-state index is 13.1. The third-order valence-electron chi connectivity index (χ3n) is 6.41. The Morgan fingerprint density at radius 2 is 1.82 bits per heavy atom. The van der Waals surface area contributed by atoms with Crippen LogP contribution >= 0.6 is 0 Å². The monoisotopic (exact) mass is 447 g/mol. The summed E-state index contributed by atoms with van der Waals surface area (Å²) in [5.74, 6) is 1.17. The van der Waals surface area contributed by atoms with Crippen molar-refractivity contribution in [3.63, 3.8) is 0 Å². The first-order chi connectivity index (χ1) is 15.9. The molecule has 1 N–H and O–H groups in total. The summed E-state index contributed by atoms with van der Waals surface area (Å²) >= 11 is 0. The SMILES string of the molecule is COc1ccccc1[C@H]1CC(=O)C2=C(C1)NC(C)=C(C(=O)OCc1cccc(C)c1OC)C2. The minimum absolute atomic E-state index is 0.0370. The van der Waals surface area contributed by atoms with E-state index in [0.29, 0.717) is 29.7 Å². The van der Waals surface area contributed by atoms with Crippen LogP contribution in [0.3, 0.4) is 0 Å². The van der Waals surface area contributed by atoms with E-state index in [2.05, 4.69) is 5.32 Å². The highest BCUT2D eigenvalue weighted by molar-refractivity contribution is 6.01. The summed E-state index contributed by atoms with van der Waals surface area (Å²) in [6.07, 6.45) is 1.37. The fourth-order valence-corrected chi connectivity index (χ4v) is 4.70. The van der Waals surface area contributed by atoms with Gasteiger partial charge >= 0.3 is 5.97 Å². The molecule has 6 nitrogen and oxygen atoms in total. The van der Waals surface area contributed by atoms with Crippen molar-refractivity contribution in [1.82, 2.24) is 5.32 Å². The third kappa shape index (κ3) is 4.51. The van der Waals surface area contributed by atoms with Crippen LogP contribution in [0.4, 0.5) is 0 Å². The molecular weight excluding hydrogens is 418 g/mol. The van der Waals surface area contributed by atoms with E-state index < -0.39 is 5.97 Å². The number of ether oxygens (including phenoxy) is 3. The maximum absolute atomic E-state index is 13.1. The van der Waals surface area contributed by atoms with Crippen molar-refractivity contribution in [2.45, 2.75) is 45.6 Å². The zero-order valence-electron chi connectivity index (χ0n) is 19.5. The molecule has 0 saturated carbocycles. The van der Waals surface area contributed by atoms with Crippen molar-refractivity contribution in [2.24, 2.45) is 0 Å². The van der Waals surface area contributed by atoms with Gasteiger partial charge in [-0.1, -0.05) is 36.4 Å². The van der Waals surface area contributed by atoms with Crippen LogP contribution < -0.4 is 14.8 Å². The number of dihydropyridines is 1. The molecule has 0 unspecified atom stereocenters. The van der Waals surface area contributed by atoms with Crippen molar-refractivity contribution in [2.75, 3.05) is 14.2 Å². The molecule has 0 amide bonds. The number of rotatable bonds is 6. The first kappa shape index (κ1) is 22.6. The van der Waals surface area contributed by atoms with Gasteiger partial charge in [-0.25, -0.2) is 4.79 Å². The van der Waals surface area contributed by atoms with Crippen LogP contribution in [0.1, 0.15) is 48.8 Å². The summed E-state index contributed by atoms with van der Waals surface area (Å²) in [6, 6.07) is 13.5. The number of hydrogen-bond donors (Lipinski definition) is 1. The summed E-state index contributed by atoms with van der Waals surface area (Å²) in [5, 5.41) is 3.32. The Morgan fingerprint density at radius 3 is 2.58 bits per heavy atom. The van der Waals surface area contributed by atoms with E-state index in [-0.39, 0.29) is 24.7 Å². The first-order valence-corrected chi connectivity index (χ1v) is 11.1. The Kier molecular flexibility index (Phi) is 6.54. The summed E-state index contributed by atoms with van der Waals surface area (Å²) < 4.78 is 16.5. The first-order valence-electron chi connectivity index (χ1n) is 11.1. The molecule has 6 heteroatoms. The second kappa shape index (κ2) is 9.53. The van der Waals surface area contributed by atoms with Gasteiger partial charge in [0.25, 0.3) is 0 Å². The molecule has 1 aliphatic heterocycles. The molecule has 172 valence electrons. The number of nitrogens with one attached hydrogen (secondary N) is 1. The van der Waals surface area contributed by atoms with Crippen molar-refractivity contribution >= 4 is 11.8 Å². The largest absolute Gasteiger partial charge is 0.496 e. The lowest BCUT2D eigenvalue weighted by Crippen LogP contribution is -2.31. The average Bonchev–Trinajstić information content (AvgIpc) is 2.82. The van der Waals surface area contributed by atoms with Gasteiger partial charge in [0.1, 0.15) is 18.1 Å². The van der Waals surface area contributed by atoms with Crippen molar-refractivity contribution < 1.29 is 23.8 Å². The van der Waals surface area contributed by atoms with Gasteiger partial charge in [0.05, 0.1) is 19.8 Å². The summed E-state index contributed by atoms with van der Waals surface area (Å²) in [5.41, 5.74) is 5.59. The zero-order chi connectivity index (χ0) is 23.5. The lowest BCUT2D eigenvalue weighted by atomic mass is 9.78. The van der Waals surface area contributed by atoms with Gasteiger partial charge < -0.3 is 19.5 Å². The second-order valence-corrected chi connectivity index (χ2v) is 8.48. The summed E-state index contributed by atoms with van der Waals surface area (Å²) in [4.78, 5) is 26.0. The van der Waals surface area contributed by atoms with Crippen LogP contribution in [0.2, 0.25) is 0 Å². The normalized spacial score (nSPS) is 17.9. The fraction of sp³-hybridized carbons (Fsp3) is 0.333. The Hall–Kier alpha value is -3.54. The molecule has 2 aromatic rings. The number of methoxy groups -OCH3 is 2. The number of benzene rings is 2. The number of esters is 1. The molecule has 1 atom stereocenters. The van der Waals surface area contributed by atoms with Crippen LogP contribution in [0.15, 0.2) is 65.0 Å². The predicted octanol–water partition coefficient (Wildman–Crippen LogP) is 4.72. The molecule has 0 spiro atoms. The number of Topliss-reactive ketones (excluding diaryl/α,β-unsaturated/α-hetero) is 1. The van der Waals surface area contributed by atoms with Crippen LogP contribution in [-0.2, 0) is 20.9 Å². The molecule has 2 aliphatic rings. The van der Waals surface area contributed by atoms with Crippen molar-refractivity contribution in [3.8, 4) is 11.5 Å². The van der Waals surface area contributed by atoms with Gasteiger partial charge in [0.15, 0.2) is 5.78 Å². The van der Waals surface area contributed by atoms with Crippen molar-refractivity contribution in [1.29, 1.82) is 0 Å². The quantitative estimate of drug-likeness (QED) is 0.646. The minimum atomic E-state index is -0.422. The molecule has 2 aromatic carbocycles. The molecular formula is C27H29NO5. The van der Waals surface area contributed by atoms with E-state index in [1.807, 2.05) is 56.3 Å². The highest BCUT2D eigenvalue weighted by Gasteiger charge is 2.34. The van der Waals surface area contributed by atoms with E-state index in [1.54, 1.807) is 14.2 Å². The van der Waals surface area contributed by atoms with Crippen LogP contribution in [0.25, 0.3) is 0 Å². The highest BCUT2D eigenvalue weighted by Crippen LogP contribution is 2.41. The van der Waals surface area contributed by atoms with E-state index in [1.165, 1.54) is 0 Å². The van der Waals surface area contributed by atoms with Gasteiger partial charge in [0.2, 0.25) is 0 Å². The minimum Gasteiger partial charge on any atom is -0.496 e. The molecule has 33 heavy (non-hydrogen) atoms. The number of carbonyl (C=O) groups is 2. The van der Waals surface area contributed by atoms with E-state index in [0.717, 1.165) is 33.8 Å². The molecule has 4 rings (SSSR count). The second-order valence-electron chi connectivity index (χ2n) is 8.48. The van der Waals surface area contributed by atoms with Gasteiger partial charge in [0, 0.05) is 41.3 Å². The smallest absolute Gasteiger partial charge is 0.336 e. The number of aryl methyl sites for hydroxylation is 1. The number of hydrogen-bond acceptors (Lipinski definition) is 6. The van der Waals surface area contributed by atoms with Gasteiger partial charge in [-0.2, -0.15) is 0 Å². The predicted molar refractivity (Wildman–Crippen MR) is 125 cm³/mol. The Bertz CT molecular complexity index is 1160. The molecule has 0 fully saturated rings. The maximum Gasteiger partial charge on any atom is 0.336 e. The van der Waals surface area contributed by atoms with E-state index >= 15 is 0 Å². The molecule has 0 saturated heterocycles. The third-order valence-corrected chi connectivity index (χ3v) is 6.41. The molecule has 0 aromatic heterocycles. The number of carbonyl (C=O) groups excluding carboxylic acids is 2. The Morgan fingerprint density at radius 1 is 1.03 bits per heavy atom. The van der Waals surface area contributed by atoms with Gasteiger partial charge in [-0.15, -0.1) is 0 Å². The lowest BCUT2D eigenvalue weighted by Gasteiger charge is -2.32. The van der Waals surface area contributed by atoms with Crippen LogP contribution in [0, 0.1) is 6.92 Å². The highest BCUT2D eigenvalue weighted by atomic mass is 16.5. The van der Waals surface area contributed by atoms with E-state index in [4.69, 9.17) is 14.2 Å². The van der Waals surface area contributed by atoms with E-state index in [9.17, 15) is 9.59 Å². The topological polar surface area (TPSA) is 73.9 Å². The number of ketones is 1. The van der Waals surface area contributed by atoms with Crippen molar-refractivity contribution in [3.05, 3.63) is 81.7 Å². The molecule has 0 radical (unpaired) electrons. The lowest BCUT2D eigenvalue weighted by molar-refractivity contribution is -0.140. The standard InChI is InChI=1S/C27H29NO5/c1-16-8-7-9-18(26(16)32-4)15-33-27(30)21-14-22-23(28-17(21)2)12-19(13-24(22)29)20-10-5-6-11-25(20)31-3/h5-11,19,28H,12-15H2,1-4H3/t19-/m1/s1. The fourth-order valence-electron chi connectivity index (χ4n) is 4.70. The Labute approximate surface area is 194 Å². The van der Waals surface area contributed by atoms with Gasteiger partial charge in [-0.05, 0) is 37.5 Å². The molecule has 1 aliphatic carbocycles. The van der Waals surface area contributed by atoms with Crippen LogP contribution in [0.5, 0.6) is 11.5 Å². The number of allylic oxidation sites excluding steroid dienone is 3. The Balaban J connectivity index is 1.48. The number of para-hydroxylation sites is 2. The molecule has 1 heterocycles. The van der Waals surface area contributed by atoms with Crippen LogP contribution in [-0.4, -0.2) is 26.0 Å². The summed E-state index contributed by atoms with van der Waals surface area (Å²) in [6.45, 7) is 3.91. The molecule has 0 bridgehead atoms. The zero-order valence-corrected chi connectivity index (χ0v) is 19.5. The average molecular weight is 448 g/mol. The summed E-state index contributed by atoms with van der Waals surface area (Å²) in [7, 11) is 3.25. The van der Waals surface area contributed by atoms with Gasteiger partial charge in [-0.3, -0.25) is 4.79 Å².